The van der Waals surface area contributed by atoms with Crippen molar-refractivity contribution >= 4 is 0 Å². The fourth-order valence-corrected chi connectivity index (χ4v) is 2.49. The van der Waals surface area contributed by atoms with Crippen molar-refractivity contribution in [2.75, 3.05) is 6.54 Å². The van der Waals surface area contributed by atoms with Crippen LogP contribution in [0.4, 0.5) is 0 Å². The maximum absolute atomic E-state index is 4.43. The summed E-state index contributed by atoms with van der Waals surface area (Å²) in [6.45, 7) is 8.74. The van der Waals surface area contributed by atoms with E-state index in [-0.39, 0.29) is 0 Å². The van der Waals surface area contributed by atoms with Crippen LogP contribution in [0.5, 0.6) is 0 Å². The molecule has 102 valence electrons. The zero-order valence-corrected chi connectivity index (χ0v) is 11.9. The molecule has 1 aliphatic rings. The van der Waals surface area contributed by atoms with Gasteiger partial charge < -0.3 is 5.32 Å². The Bertz CT molecular complexity index is 364. The van der Waals surface area contributed by atoms with Crippen molar-refractivity contribution < 1.29 is 0 Å². The standard InChI is InChI=1S/C14H26N4/c1-4-14(5-2,10-15-12-7-8-12)9-13-16-11-17-18(13)6-3/h11-12,15H,4-10H2,1-3H3. The molecule has 0 saturated heterocycles. The van der Waals surface area contributed by atoms with Gasteiger partial charge >= 0.3 is 0 Å². The zero-order chi connectivity index (χ0) is 13.0. The SMILES string of the molecule is CCn1ncnc1CC(CC)(CC)CNC1CC1. The fraction of sp³-hybridized carbons (Fsp3) is 0.857. The average Bonchev–Trinajstić information content (AvgIpc) is 3.13. The first-order chi connectivity index (χ1) is 8.73. The molecule has 0 spiro atoms. The van der Waals surface area contributed by atoms with Gasteiger partial charge in [-0.05, 0) is 38.0 Å². The molecule has 0 aliphatic heterocycles. The number of aryl methyl sites for hydroxylation is 1. The van der Waals surface area contributed by atoms with E-state index >= 15 is 0 Å². The first kappa shape index (κ1) is 13.5. The highest BCUT2D eigenvalue weighted by Gasteiger charge is 2.31. The van der Waals surface area contributed by atoms with Crippen LogP contribution >= 0.6 is 0 Å². The normalized spacial score (nSPS) is 16.2. The van der Waals surface area contributed by atoms with Gasteiger partial charge in [0, 0.05) is 25.6 Å². The molecule has 0 atom stereocenters. The van der Waals surface area contributed by atoms with E-state index in [9.17, 15) is 0 Å². The lowest BCUT2D eigenvalue weighted by molar-refractivity contribution is 0.237. The summed E-state index contributed by atoms with van der Waals surface area (Å²) in [7, 11) is 0. The number of hydrogen-bond donors (Lipinski definition) is 1. The van der Waals surface area contributed by atoms with Gasteiger partial charge in [-0.2, -0.15) is 5.10 Å². The third kappa shape index (κ3) is 3.10. The summed E-state index contributed by atoms with van der Waals surface area (Å²) in [6.07, 6.45) is 7.82. The minimum Gasteiger partial charge on any atom is -0.313 e. The number of rotatable bonds is 8. The summed E-state index contributed by atoms with van der Waals surface area (Å²) in [4.78, 5) is 4.43. The summed E-state index contributed by atoms with van der Waals surface area (Å²) in [6, 6.07) is 0.784. The molecule has 0 aromatic carbocycles. The van der Waals surface area contributed by atoms with Gasteiger partial charge in [0.1, 0.15) is 12.2 Å². The maximum atomic E-state index is 4.43. The predicted octanol–water partition coefficient (Wildman–Crippen LogP) is 2.40. The van der Waals surface area contributed by atoms with Crippen molar-refractivity contribution in [2.24, 2.45) is 5.41 Å². The van der Waals surface area contributed by atoms with E-state index in [4.69, 9.17) is 0 Å². The largest absolute Gasteiger partial charge is 0.313 e. The second kappa shape index (κ2) is 5.83. The van der Waals surface area contributed by atoms with Crippen LogP contribution in [-0.4, -0.2) is 27.4 Å². The Kier molecular flexibility index (Phi) is 4.38. The lowest BCUT2D eigenvalue weighted by Crippen LogP contribution is -2.37. The highest BCUT2D eigenvalue weighted by molar-refractivity contribution is 4.96. The first-order valence-corrected chi connectivity index (χ1v) is 7.33. The number of hydrogen-bond acceptors (Lipinski definition) is 3. The highest BCUT2D eigenvalue weighted by Crippen LogP contribution is 2.31. The molecule has 1 heterocycles. The lowest BCUT2D eigenvalue weighted by Gasteiger charge is -2.32. The van der Waals surface area contributed by atoms with Crippen LogP contribution < -0.4 is 5.32 Å². The molecule has 0 amide bonds. The van der Waals surface area contributed by atoms with Crippen LogP contribution in [0.25, 0.3) is 0 Å². The number of aromatic nitrogens is 3. The van der Waals surface area contributed by atoms with Gasteiger partial charge in [-0.15, -0.1) is 0 Å². The van der Waals surface area contributed by atoms with Gasteiger partial charge in [0.25, 0.3) is 0 Å². The van der Waals surface area contributed by atoms with Gasteiger partial charge in [-0.3, -0.25) is 4.68 Å². The minimum absolute atomic E-state index is 0.336. The quantitative estimate of drug-likeness (QED) is 0.770. The van der Waals surface area contributed by atoms with E-state index in [0.717, 1.165) is 31.4 Å². The Labute approximate surface area is 110 Å². The third-order valence-electron chi connectivity index (χ3n) is 4.37. The highest BCUT2D eigenvalue weighted by atomic mass is 15.3. The molecule has 1 aromatic heterocycles. The Morgan fingerprint density at radius 1 is 1.33 bits per heavy atom. The van der Waals surface area contributed by atoms with Crippen LogP contribution in [0.15, 0.2) is 6.33 Å². The summed E-state index contributed by atoms with van der Waals surface area (Å²) in [5.74, 6) is 1.14. The average molecular weight is 250 g/mol. The van der Waals surface area contributed by atoms with Gasteiger partial charge in [-0.1, -0.05) is 13.8 Å². The van der Waals surface area contributed by atoms with E-state index in [1.54, 1.807) is 6.33 Å². The molecule has 1 saturated carbocycles. The monoisotopic (exact) mass is 250 g/mol. The summed E-state index contributed by atoms with van der Waals surface area (Å²) < 4.78 is 2.02. The molecule has 2 rings (SSSR count). The van der Waals surface area contributed by atoms with Crippen molar-refractivity contribution in [3.8, 4) is 0 Å². The summed E-state index contributed by atoms with van der Waals surface area (Å²) >= 11 is 0. The molecule has 0 radical (unpaired) electrons. The van der Waals surface area contributed by atoms with E-state index in [1.165, 1.54) is 25.7 Å². The number of nitrogens with one attached hydrogen (secondary N) is 1. The van der Waals surface area contributed by atoms with Crippen LogP contribution in [-0.2, 0) is 13.0 Å². The molecule has 4 nitrogen and oxygen atoms in total. The van der Waals surface area contributed by atoms with Crippen LogP contribution in [0, 0.1) is 5.41 Å². The Morgan fingerprint density at radius 2 is 2.06 bits per heavy atom. The van der Waals surface area contributed by atoms with Crippen molar-refractivity contribution in [3.05, 3.63) is 12.2 Å². The molecule has 0 bridgehead atoms. The maximum Gasteiger partial charge on any atom is 0.138 e. The second-order valence-corrected chi connectivity index (χ2v) is 5.53. The topological polar surface area (TPSA) is 42.7 Å². The summed E-state index contributed by atoms with van der Waals surface area (Å²) in [5, 5.41) is 7.97. The predicted molar refractivity (Wildman–Crippen MR) is 73.4 cm³/mol. The molecule has 1 fully saturated rings. The Balaban J connectivity index is 2.03. The van der Waals surface area contributed by atoms with Crippen LogP contribution in [0.2, 0.25) is 0 Å². The molecule has 4 heteroatoms. The van der Waals surface area contributed by atoms with Gasteiger partial charge in [0.2, 0.25) is 0 Å². The van der Waals surface area contributed by atoms with E-state index in [2.05, 4.69) is 36.2 Å². The van der Waals surface area contributed by atoms with E-state index < -0.39 is 0 Å². The van der Waals surface area contributed by atoms with Crippen molar-refractivity contribution in [1.29, 1.82) is 0 Å². The minimum atomic E-state index is 0.336. The Hall–Kier alpha value is -0.900. The van der Waals surface area contributed by atoms with Crippen molar-refractivity contribution in [3.63, 3.8) is 0 Å². The molecule has 1 N–H and O–H groups in total. The van der Waals surface area contributed by atoms with Gasteiger partial charge in [0.05, 0.1) is 0 Å². The molecule has 0 unspecified atom stereocenters. The fourth-order valence-electron chi connectivity index (χ4n) is 2.49. The molecule has 1 aromatic rings. The van der Waals surface area contributed by atoms with Gasteiger partial charge in [-0.25, -0.2) is 4.98 Å². The van der Waals surface area contributed by atoms with Crippen molar-refractivity contribution in [2.45, 2.75) is 65.5 Å². The first-order valence-electron chi connectivity index (χ1n) is 7.33. The molecular formula is C14H26N4. The van der Waals surface area contributed by atoms with E-state index in [0.29, 0.717) is 5.41 Å². The Morgan fingerprint density at radius 3 is 2.61 bits per heavy atom. The third-order valence-corrected chi connectivity index (χ3v) is 4.37. The smallest absolute Gasteiger partial charge is 0.138 e. The van der Waals surface area contributed by atoms with Gasteiger partial charge in [0.15, 0.2) is 0 Å². The molecule has 18 heavy (non-hydrogen) atoms. The van der Waals surface area contributed by atoms with Crippen LogP contribution in [0.3, 0.4) is 0 Å². The lowest BCUT2D eigenvalue weighted by atomic mass is 9.78. The van der Waals surface area contributed by atoms with Crippen molar-refractivity contribution in [1.82, 2.24) is 20.1 Å². The molecule has 1 aliphatic carbocycles. The molecular weight excluding hydrogens is 224 g/mol. The van der Waals surface area contributed by atoms with E-state index in [1.807, 2.05) is 4.68 Å². The second-order valence-electron chi connectivity index (χ2n) is 5.53. The summed E-state index contributed by atoms with van der Waals surface area (Å²) in [5.41, 5.74) is 0.336. The zero-order valence-electron chi connectivity index (χ0n) is 11.9. The number of nitrogens with zero attached hydrogens (tertiary/aromatic N) is 3. The van der Waals surface area contributed by atoms with Crippen LogP contribution in [0.1, 0.15) is 52.3 Å².